The van der Waals surface area contributed by atoms with E-state index in [1.54, 1.807) is 36.4 Å². The quantitative estimate of drug-likeness (QED) is 0.535. The van der Waals surface area contributed by atoms with Crippen LogP contribution in [0.2, 0.25) is 0 Å². The van der Waals surface area contributed by atoms with Crippen molar-refractivity contribution in [1.29, 1.82) is 0 Å². The van der Waals surface area contributed by atoms with Crippen molar-refractivity contribution in [2.75, 3.05) is 7.11 Å². The number of esters is 1. The maximum atomic E-state index is 13.6. The van der Waals surface area contributed by atoms with E-state index < -0.39 is 5.97 Å². The fraction of sp³-hybridized carbons (Fsp3) is 0.0625. The molecule has 0 saturated carbocycles. The Morgan fingerprint density at radius 3 is 2.57 bits per heavy atom. The van der Waals surface area contributed by atoms with E-state index in [2.05, 4.69) is 0 Å². The number of para-hydroxylation sites is 2. The van der Waals surface area contributed by atoms with Crippen LogP contribution >= 0.6 is 11.3 Å². The number of hydrogen-bond acceptors (Lipinski definition) is 4. The lowest BCUT2D eigenvalue weighted by Gasteiger charge is -2.07. The molecule has 0 saturated heterocycles. The molecule has 0 atom stereocenters. The van der Waals surface area contributed by atoms with E-state index in [4.69, 9.17) is 9.47 Å². The molecule has 0 unspecified atom stereocenters. The first-order valence-electron chi connectivity index (χ1n) is 6.22. The third-order valence-corrected chi connectivity index (χ3v) is 4.06. The topological polar surface area (TPSA) is 35.5 Å². The monoisotopic (exact) mass is 302 g/mol. The Bertz CT molecular complexity index is 810. The van der Waals surface area contributed by atoms with Crippen LogP contribution < -0.4 is 9.47 Å². The van der Waals surface area contributed by atoms with Gasteiger partial charge in [-0.25, -0.2) is 9.18 Å². The highest BCUT2D eigenvalue weighted by Gasteiger charge is 2.16. The lowest BCUT2D eigenvalue weighted by molar-refractivity contribution is 0.0735. The van der Waals surface area contributed by atoms with Crippen molar-refractivity contribution in [3.63, 3.8) is 0 Å². The summed E-state index contributed by atoms with van der Waals surface area (Å²) < 4.78 is 24.8. The largest absolute Gasteiger partial charge is 0.493 e. The van der Waals surface area contributed by atoms with E-state index in [-0.39, 0.29) is 5.82 Å². The highest BCUT2D eigenvalue weighted by molar-refractivity contribution is 7.20. The number of methoxy groups -OCH3 is 1. The van der Waals surface area contributed by atoms with E-state index in [0.29, 0.717) is 26.5 Å². The summed E-state index contributed by atoms with van der Waals surface area (Å²) in [4.78, 5) is 12.5. The maximum absolute atomic E-state index is 13.6. The second-order valence-corrected chi connectivity index (χ2v) is 5.39. The SMILES string of the molecule is COc1ccccc1OC(=O)c1cc2c(F)cccc2s1. The van der Waals surface area contributed by atoms with E-state index in [9.17, 15) is 9.18 Å². The number of halogens is 1. The highest BCUT2D eigenvalue weighted by Crippen LogP contribution is 2.31. The number of thiophene rings is 1. The van der Waals surface area contributed by atoms with Crippen molar-refractivity contribution in [2.45, 2.75) is 0 Å². The van der Waals surface area contributed by atoms with Gasteiger partial charge in [0.15, 0.2) is 11.5 Å². The molecule has 1 aromatic heterocycles. The maximum Gasteiger partial charge on any atom is 0.353 e. The lowest BCUT2D eigenvalue weighted by Crippen LogP contribution is -2.07. The van der Waals surface area contributed by atoms with Gasteiger partial charge in [-0.2, -0.15) is 0 Å². The van der Waals surface area contributed by atoms with Crippen molar-refractivity contribution >= 4 is 27.4 Å². The molecule has 0 fully saturated rings. The minimum absolute atomic E-state index is 0.336. The van der Waals surface area contributed by atoms with Crippen LogP contribution in [0.5, 0.6) is 11.5 Å². The molecular formula is C16H11FO3S. The van der Waals surface area contributed by atoms with Crippen molar-refractivity contribution in [3.8, 4) is 11.5 Å². The molecule has 2 aromatic carbocycles. The fourth-order valence-corrected chi connectivity index (χ4v) is 2.93. The highest BCUT2D eigenvalue weighted by atomic mass is 32.1. The smallest absolute Gasteiger partial charge is 0.353 e. The molecule has 3 nitrogen and oxygen atoms in total. The molecule has 3 aromatic rings. The molecule has 0 aliphatic heterocycles. The van der Waals surface area contributed by atoms with Crippen LogP contribution in [0.15, 0.2) is 48.5 Å². The van der Waals surface area contributed by atoms with Crippen LogP contribution in [0.4, 0.5) is 4.39 Å². The molecule has 21 heavy (non-hydrogen) atoms. The van der Waals surface area contributed by atoms with Crippen molar-refractivity contribution < 1.29 is 18.7 Å². The van der Waals surface area contributed by atoms with Gasteiger partial charge in [0.1, 0.15) is 10.7 Å². The van der Waals surface area contributed by atoms with E-state index in [1.807, 2.05) is 0 Å². The summed E-state index contributed by atoms with van der Waals surface area (Å²) in [6.07, 6.45) is 0. The number of rotatable bonds is 3. The third-order valence-electron chi connectivity index (χ3n) is 2.98. The molecule has 0 amide bonds. The average Bonchev–Trinajstić information content (AvgIpc) is 2.93. The summed E-state index contributed by atoms with van der Waals surface area (Å²) in [5, 5.41) is 0.425. The Hall–Kier alpha value is -2.40. The minimum Gasteiger partial charge on any atom is -0.493 e. The molecule has 1 heterocycles. The predicted octanol–water partition coefficient (Wildman–Crippen LogP) is 4.27. The minimum atomic E-state index is -0.528. The molecule has 0 aliphatic rings. The zero-order chi connectivity index (χ0) is 14.8. The summed E-state index contributed by atoms with van der Waals surface area (Å²) in [5.41, 5.74) is 0. The number of carbonyl (C=O) groups excluding carboxylic acids is 1. The zero-order valence-electron chi connectivity index (χ0n) is 11.1. The lowest BCUT2D eigenvalue weighted by atomic mass is 10.2. The van der Waals surface area contributed by atoms with Crippen LogP contribution in [-0.2, 0) is 0 Å². The summed E-state index contributed by atoms with van der Waals surface area (Å²) in [5.74, 6) is -0.0683. The van der Waals surface area contributed by atoms with Gasteiger partial charge < -0.3 is 9.47 Å². The Morgan fingerprint density at radius 2 is 1.86 bits per heavy atom. The third kappa shape index (κ3) is 2.60. The number of fused-ring (bicyclic) bond motifs is 1. The molecule has 0 spiro atoms. The summed E-state index contributed by atoms with van der Waals surface area (Å²) in [7, 11) is 1.50. The van der Waals surface area contributed by atoms with Crippen molar-refractivity contribution in [3.05, 3.63) is 59.2 Å². The van der Waals surface area contributed by atoms with Gasteiger partial charge in [-0.3, -0.25) is 0 Å². The molecular weight excluding hydrogens is 291 g/mol. The standard InChI is InChI=1S/C16H11FO3S/c1-19-12-6-2-3-7-13(12)20-16(18)15-9-10-11(17)5-4-8-14(10)21-15/h2-9H,1H3. The molecule has 0 aliphatic carbocycles. The van der Waals surface area contributed by atoms with E-state index in [0.717, 1.165) is 0 Å². The van der Waals surface area contributed by atoms with Gasteiger partial charge in [0.2, 0.25) is 0 Å². The van der Waals surface area contributed by atoms with Gasteiger partial charge in [-0.05, 0) is 30.3 Å². The van der Waals surface area contributed by atoms with Crippen molar-refractivity contribution in [2.24, 2.45) is 0 Å². The van der Waals surface area contributed by atoms with Gasteiger partial charge in [-0.15, -0.1) is 11.3 Å². The van der Waals surface area contributed by atoms with Crippen LogP contribution in [0.1, 0.15) is 9.67 Å². The molecule has 0 N–H and O–H groups in total. The van der Waals surface area contributed by atoms with Crippen LogP contribution in [-0.4, -0.2) is 13.1 Å². The Morgan fingerprint density at radius 1 is 1.10 bits per heavy atom. The van der Waals surface area contributed by atoms with Crippen LogP contribution in [0, 0.1) is 5.82 Å². The van der Waals surface area contributed by atoms with Crippen LogP contribution in [0.25, 0.3) is 10.1 Å². The molecule has 106 valence electrons. The van der Waals surface area contributed by atoms with Crippen molar-refractivity contribution in [1.82, 2.24) is 0 Å². The van der Waals surface area contributed by atoms with Gasteiger partial charge in [-0.1, -0.05) is 18.2 Å². The normalized spacial score (nSPS) is 10.6. The van der Waals surface area contributed by atoms with Gasteiger partial charge in [0.05, 0.1) is 7.11 Å². The number of carbonyl (C=O) groups is 1. The second kappa shape index (κ2) is 5.54. The van der Waals surface area contributed by atoms with Gasteiger partial charge in [0.25, 0.3) is 0 Å². The van der Waals surface area contributed by atoms with Gasteiger partial charge >= 0.3 is 5.97 Å². The summed E-state index contributed by atoms with van der Waals surface area (Å²) in [6.45, 7) is 0. The Kier molecular flexibility index (Phi) is 3.58. The molecule has 5 heteroatoms. The average molecular weight is 302 g/mol. The van der Waals surface area contributed by atoms with Gasteiger partial charge in [0, 0.05) is 10.1 Å². The number of benzene rings is 2. The van der Waals surface area contributed by atoms with E-state index >= 15 is 0 Å². The number of ether oxygens (including phenoxy) is 2. The molecule has 0 bridgehead atoms. The fourth-order valence-electron chi connectivity index (χ4n) is 1.98. The molecule has 3 rings (SSSR count). The summed E-state index contributed by atoms with van der Waals surface area (Å²) >= 11 is 1.20. The van der Waals surface area contributed by atoms with Crippen LogP contribution in [0.3, 0.4) is 0 Å². The first kappa shape index (κ1) is 13.6. The first-order valence-corrected chi connectivity index (χ1v) is 7.04. The Labute approximate surface area is 124 Å². The number of hydrogen-bond donors (Lipinski definition) is 0. The second-order valence-electron chi connectivity index (χ2n) is 4.30. The first-order chi connectivity index (χ1) is 10.2. The van der Waals surface area contributed by atoms with E-state index in [1.165, 1.54) is 30.6 Å². The predicted molar refractivity (Wildman–Crippen MR) is 79.7 cm³/mol. The summed E-state index contributed by atoms with van der Waals surface area (Å²) in [6, 6.07) is 13.1. The zero-order valence-corrected chi connectivity index (χ0v) is 11.9. The molecule has 0 radical (unpaired) electrons. The Balaban J connectivity index is 1.92.